The van der Waals surface area contributed by atoms with Crippen LogP contribution < -0.4 is 9.47 Å². The molecule has 61 heavy (non-hydrogen) atoms. The van der Waals surface area contributed by atoms with Crippen LogP contribution >= 0.6 is 0 Å². The van der Waals surface area contributed by atoms with E-state index in [0.29, 0.717) is 55.2 Å². The Morgan fingerprint density at radius 2 is 1.72 bits per heavy atom. The molecule has 320 valence electrons. The topological polar surface area (TPSA) is 127 Å². The van der Waals surface area contributed by atoms with Gasteiger partial charge in [0.1, 0.15) is 36.2 Å². The summed E-state index contributed by atoms with van der Waals surface area (Å²) in [5.74, 6) is -0.0266. The number of allylic oxidation sites excluding steroid dienone is 1. The number of aliphatic hydroxyl groups excluding tert-OH is 2. The molecule has 4 aliphatic rings. The summed E-state index contributed by atoms with van der Waals surface area (Å²) in [6.45, 7) is 7.13. The molecule has 0 bridgehead atoms. The fourth-order valence-corrected chi connectivity index (χ4v) is 10.2. The quantitative estimate of drug-likeness (QED) is 0.0391. The third kappa shape index (κ3) is 8.76. The van der Waals surface area contributed by atoms with E-state index in [4.69, 9.17) is 24.2 Å². The lowest BCUT2D eigenvalue weighted by atomic mass is 9.55. The number of ether oxygens (including phenoxy) is 3. The van der Waals surface area contributed by atoms with Gasteiger partial charge in [0.15, 0.2) is 0 Å². The van der Waals surface area contributed by atoms with Gasteiger partial charge >= 0.3 is 0 Å². The minimum absolute atomic E-state index is 0.0692. The summed E-state index contributed by atoms with van der Waals surface area (Å²) in [7, 11) is 0. The van der Waals surface area contributed by atoms with Gasteiger partial charge in [-0.25, -0.2) is 0 Å². The predicted molar refractivity (Wildman–Crippen MR) is 236 cm³/mol. The Bertz CT molecular complexity index is 2260. The molecule has 1 aliphatic heterocycles. The molecule has 6 atom stereocenters. The van der Waals surface area contributed by atoms with Crippen molar-refractivity contribution in [2.24, 2.45) is 28.8 Å². The van der Waals surface area contributed by atoms with E-state index in [1.54, 1.807) is 24.3 Å². The van der Waals surface area contributed by atoms with Crippen LogP contribution in [0.3, 0.4) is 0 Å². The average Bonchev–Trinajstić information content (AvgIpc) is 4.14. The van der Waals surface area contributed by atoms with Crippen LogP contribution in [0.4, 0.5) is 0 Å². The summed E-state index contributed by atoms with van der Waals surface area (Å²) in [6, 6.07) is 26.9. The maximum absolute atomic E-state index is 15.0. The molecule has 3 aliphatic carbocycles. The molecule has 0 unspecified atom stereocenters. The Hall–Kier alpha value is -5.29. The molecule has 8 rings (SSSR count). The zero-order valence-electron chi connectivity index (χ0n) is 35.1. The van der Waals surface area contributed by atoms with Gasteiger partial charge in [0.25, 0.3) is 0 Å². The molecule has 4 aromatic carbocycles. The zero-order valence-corrected chi connectivity index (χ0v) is 35.1. The second-order valence-corrected chi connectivity index (χ2v) is 16.9. The number of hydrogen-bond donors (Lipinski definition) is 2. The summed E-state index contributed by atoms with van der Waals surface area (Å²) in [5, 5.41) is 27.0. The largest absolute Gasteiger partial charge is 0.459 e. The van der Waals surface area contributed by atoms with Crippen molar-refractivity contribution < 1.29 is 38.9 Å². The smallest absolute Gasteiger partial charge is 0.239 e. The van der Waals surface area contributed by atoms with Crippen LogP contribution in [0.15, 0.2) is 114 Å². The van der Waals surface area contributed by atoms with Crippen LogP contribution in [0.5, 0.6) is 17.2 Å². The van der Waals surface area contributed by atoms with Gasteiger partial charge in [-0.1, -0.05) is 84.7 Å². The van der Waals surface area contributed by atoms with Crippen molar-refractivity contribution in [3.05, 3.63) is 126 Å². The number of unbranched alkanes of at least 4 members (excludes halogenated alkanes) is 2. The highest BCUT2D eigenvalue weighted by Crippen LogP contribution is 2.62. The van der Waals surface area contributed by atoms with E-state index >= 15 is 0 Å². The Kier molecular flexibility index (Phi) is 13.3. The van der Waals surface area contributed by atoms with Crippen LogP contribution in [0.1, 0.15) is 92.1 Å². The van der Waals surface area contributed by atoms with E-state index in [0.717, 1.165) is 78.0 Å². The number of rotatable bonds is 20. The van der Waals surface area contributed by atoms with Crippen molar-refractivity contribution in [2.75, 3.05) is 26.4 Å². The summed E-state index contributed by atoms with van der Waals surface area (Å²) < 4.78 is 21.1. The number of aldehydes is 1. The summed E-state index contributed by atoms with van der Waals surface area (Å²) in [4.78, 5) is 34.6. The molecule has 0 spiro atoms. The lowest BCUT2D eigenvalue weighted by Crippen LogP contribution is -2.70. The first kappa shape index (κ1) is 42.4. The fraction of sp³-hybridized carbons (Fsp3) is 0.431. The minimum atomic E-state index is -1.36. The van der Waals surface area contributed by atoms with Gasteiger partial charge in [-0.2, -0.15) is 0 Å². The Labute approximate surface area is 358 Å². The summed E-state index contributed by atoms with van der Waals surface area (Å²) >= 11 is 0. The van der Waals surface area contributed by atoms with E-state index < -0.39 is 17.7 Å². The number of benzene rings is 4. The van der Waals surface area contributed by atoms with Crippen molar-refractivity contribution in [1.29, 1.82) is 0 Å². The molecule has 2 saturated carbocycles. The molecular weight excluding hydrogens is 769 g/mol. The lowest BCUT2D eigenvalue weighted by molar-refractivity contribution is -0.258. The van der Waals surface area contributed by atoms with Gasteiger partial charge in [0.05, 0.1) is 18.2 Å². The van der Waals surface area contributed by atoms with Crippen LogP contribution in [0, 0.1) is 23.7 Å². The van der Waals surface area contributed by atoms with Gasteiger partial charge in [-0.3, -0.25) is 9.59 Å². The Morgan fingerprint density at radius 1 is 0.951 bits per heavy atom. The van der Waals surface area contributed by atoms with Crippen LogP contribution in [0.25, 0.3) is 10.8 Å². The maximum atomic E-state index is 15.0. The standard InChI is InChI=1S/C51H58N2O8/c1-3-27-58-51-47(53(50(57)36-21-22-36)32-38-17-12-16-35-14-5-6-19-41(35)38)31-45(52-59-4-2)43-29-37(15-7-9-25-54)42(20-8-10-26-55)48(49(43)51)44-30-40(23-24-46(44)61-51)60-39-18-11-13-34(28-39)33-56/h3,5-6,11-14,16-19,23-24,28-30,33,36-37,42,47-49,54-55H,1,4,7-10,15,20-22,25-27,31-32H2,2H3/t37-,42+,47-,48+,49+,51+/m0/s1. The third-order valence-electron chi connectivity index (χ3n) is 13.0. The number of carbonyl (C=O) groups is 2. The molecule has 0 radical (unpaired) electrons. The Balaban J connectivity index is 1.34. The number of oxime groups is 1. The maximum Gasteiger partial charge on any atom is 0.239 e. The molecule has 2 N–H and O–H groups in total. The van der Waals surface area contributed by atoms with Crippen molar-refractivity contribution in [1.82, 2.24) is 4.90 Å². The van der Waals surface area contributed by atoms with E-state index in [9.17, 15) is 19.8 Å². The number of nitrogens with zero attached hydrogens (tertiary/aromatic N) is 2. The zero-order chi connectivity index (χ0) is 42.3. The number of fused-ring (bicyclic) bond motifs is 3. The van der Waals surface area contributed by atoms with Crippen LogP contribution in [-0.2, 0) is 20.9 Å². The second-order valence-electron chi connectivity index (χ2n) is 16.9. The van der Waals surface area contributed by atoms with E-state index in [1.807, 2.05) is 42.2 Å². The van der Waals surface area contributed by atoms with E-state index in [1.165, 1.54) is 0 Å². The average molecular weight is 827 g/mol. The molecule has 10 nitrogen and oxygen atoms in total. The highest BCUT2D eigenvalue weighted by Gasteiger charge is 2.66. The molecule has 1 amide bonds. The first-order valence-electron chi connectivity index (χ1n) is 22.1. The monoisotopic (exact) mass is 826 g/mol. The Morgan fingerprint density at radius 3 is 2.49 bits per heavy atom. The van der Waals surface area contributed by atoms with Gasteiger partial charge < -0.3 is 34.2 Å². The first-order valence-corrected chi connectivity index (χ1v) is 22.1. The first-order chi connectivity index (χ1) is 29.9. The number of hydrogen-bond acceptors (Lipinski definition) is 9. The summed E-state index contributed by atoms with van der Waals surface area (Å²) in [5.41, 5.74) is 4.29. The second kappa shape index (κ2) is 19.2. The van der Waals surface area contributed by atoms with Crippen molar-refractivity contribution in [3.63, 3.8) is 0 Å². The van der Waals surface area contributed by atoms with Crippen molar-refractivity contribution >= 4 is 28.7 Å². The SMILES string of the molecule is C=CCO[C@@]12Oc3ccc(Oc4cccc(C=O)c4)cc3[C@H]3[C@H](CCCCO)[C@@H](CCCCO)C=C(C(=NOCC)C[C@@H]1N(Cc1cccc4ccccc14)C(=O)C1CC1)[C@H]32. The third-order valence-corrected chi connectivity index (χ3v) is 13.0. The molecule has 2 fully saturated rings. The van der Waals surface area contributed by atoms with Gasteiger partial charge in [-0.15, -0.1) is 6.58 Å². The fourth-order valence-electron chi connectivity index (χ4n) is 10.2. The molecule has 0 aromatic heterocycles. The predicted octanol–water partition coefficient (Wildman–Crippen LogP) is 9.54. The molecule has 10 heteroatoms. The highest BCUT2D eigenvalue weighted by molar-refractivity contribution is 6.03. The molecular formula is C51H58N2O8. The van der Waals surface area contributed by atoms with E-state index in [-0.39, 0.29) is 49.4 Å². The van der Waals surface area contributed by atoms with Crippen molar-refractivity contribution in [3.8, 4) is 17.2 Å². The lowest BCUT2D eigenvalue weighted by Gasteiger charge is -2.60. The number of carbonyl (C=O) groups excluding carboxylic acids is 2. The number of amides is 1. The van der Waals surface area contributed by atoms with Crippen molar-refractivity contribution in [2.45, 2.75) is 89.0 Å². The van der Waals surface area contributed by atoms with Gasteiger partial charge in [0.2, 0.25) is 11.7 Å². The van der Waals surface area contributed by atoms with Crippen LogP contribution in [-0.4, -0.2) is 71.3 Å². The molecule has 0 saturated heterocycles. The summed E-state index contributed by atoms with van der Waals surface area (Å²) in [6.07, 6.45) is 11.6. The minimum Gasteiger partial charge on any atom is -0.459 e. The molecule has 1 heterocycles. The number of aliphatic hydroxyl groups is 2. The molecule has 4 aromatic rings. The van der Waals surface area contributed by atoms with Crippen LogP contribution in [0.2, 0.25) is 0 Å². The highest BCUT2D eigenvalue weighted by atomic mass is 16.7. The van der Waals surface area contributed by atoms with E-state index in [2.05, 4.69) is 49.1 Å². The van der Waals surface area contributed by atoms with Gasteiger partial charge in [0, 0.05) is 49.1 Å². The normalized spacial score (nSPS) is 24.5. The van der Waals surface area contributed by atoms with Gasteiger partial charge in [-0.05, 0) is 110 Å².